The van der Waals surface area contributed by atoms with Crippen molar-refractivity contribution in [2.45, 2.75) is 32.5 Å². The van der Waals surface area contributed by atoms with Crippen molar-refractivity contribution < 1.29 is 9.36 Å². The minimum Gasteiger partial charge on any atom is -0.294 e. The van der Waals surface area contributed by atoms with Gasteiger partial charge in [0, 0.05) is 15.3 Å². The molecule has 3 unspecified atom stereocenters. The van der Waals surface area contributed by atoms with Crippen LogP contribution in [0.5, 0.6) is 0 Å². The average molecular weight is 317 g/mol. The summed E-state index contributed by atoms with van der Waals surface area (Å²) in [5, 5.41) is 0. The van der Waals surface area contributed by atoms with E-state index in [1.807, 2.05) is 13.8 Å². The minimum atomic E-state index is -1.30. The molecule has 108 valence electrons. The molecule has 12 heteroatoms. The Hall–Kier alpha value is 0.930. The summed E-state index contributed by atoms with van der Waals surface area (Å²) in [7, 11) is -2.41. The lowest BCUT2D eigenvalue weighted by molar-refractivity contribution is -0.0343. The fourth-order valence-electron chi connectivity index (χ4n) is 0.921. The number of nitrogens with two attached hydrogens (primary N) is 4. The van der Waals surface area contributed by atoms with Crippen LogP contribution in [0.25, 0.3) is 0 Å². The van der Waals surface area contributed by atoms with E-state index in [1.54, 1.807) is 4.60 Å². The minimum absolute atomic E-state index is 0.150. The molecule has 3 atom stereocenters. The number of rotatable bonds is 6. The predicted octanol–water partition coefficient (Wildman–Crippen LogP) is 0.328. The summed E-state index contributed by atoms with van der Waals surface area (Å²) in [5.41, 5.74) is 17.6. The van der Waals surface area contributed by atoms with Crippen LogP contribution in [0.4, 0.5) is 0 Å². The molecule has 18 heavy (non-hydrogen) atoms. The quantitative estimate of drug-likeness (QED) is 0.266. The monoisotopic (exact) mass is 317 g/mol. The highest BCUT2D eigenvalue weighted by Crippen LogP contribution is 2.61. The second-order valence-corrected chi connectivity index (χ2v) is 8.47. The maximum atomic E-state index is 6.00. The van der Waals surface area contributed by atoms with Crippen molar-refractivity contribution in [1.29, 1.82) is 0 Å². The first-order valence-corrected chi connectivity index (χ1v) is 8.99. The lowest BCUT2D eigenvalue weighted by Crippen LogP contribution is -2.52. The fraction of sp³-hybridized carbons (Fsp3) is 1.00. The normalized spacial score (nSPS) is 29.0. The second-order valence-electron chi connectivity index (χ2n) is 3.65. The van der Waals surface area contributed by atoms with Crippen LogP contribution in [0.15, 0.2) is 0 Å². The Morgan fingerprint density at radius 3 is 2.61 bits per heavy atom. The molecule has 1 saturated heterocycles. The largest absolute Gasteiger partial charge is 0.294 e. The van der Waals surface area contributed by atoms with Gasteiger partial charge in [-0.2, -0.15) is 4.55 Å². The number of hydrogen-bond acceptors (Lipinski definition) is 9. The summed E-state index contributed by atoms with van der Waals surface area (Å²) < 4.78 is 8.67. The maximum Gasteiger partial charge on any atom is 0.224 e. The highest BCUT2D eigenvalue weighted by molar-refractivity contribution is 7.75. The van der Waals surface area contributed by atoms with Gasteiger partial charge in [-0.3, -0.25) is 32.2 Å². The SMILES string of the molecule is CCCON1P(OC(N)(N)CC)NPN(N)P1N. The second kappa shape index (κ2) is 7.64. The highest BCUT2D eigenvalue weighted by Gasteiger charge is 2.39. The Labute approximate surface area is 112 Å². The molecule has 0 radical (unpaired) electrons. The van der Waals surface area contributed by atoms with Gasteiger partial charge in [-0.15, -0.1) is 0 Å². The molecule has 0 aromatic heterocycles. The number of nitrogens with one attached hydrogen (secondary N) is 1. The molecular weight excluding hydrogens is 295 g/mol. The van der Waals surface area contributed by atoms with E-state index in [1.165, 1.54) is 4.55 Å². The molecule has 0 aliphatic carbocycles. The van der Waals surface area contributed by atoms with E-state index >= 15 is 0 Å². The van der Waals surface area contributed by atoms with Crippen LogP contribution in [-0.2, 0) is 9.36 Å². The van der Waals surface area contributed by atoms with E-state index in [9.17, 15) is 0 Å². The van der Waals surface area contributed by atoms with E-state index in [-0.39, 0.29) is 8.88 Å². The molecule has 1 aliphatic heterocycles. The highest BCUT2D eigenvalue weighted by atomic mass is 31.3. The summed E-state index contributed by atoms with van der Waals surface area (Å²) in [6, 6.07) is 0. The summed E-state index contributed by atoms with van der Waals surface area (Å²) >= 11 is 0. The third-order valence-electron chi connectivity index (χ3n) is 2.03. The smallest absolute Gasteiger partial charge is 0.224 e. The molecule has 9 nitrogen and oxygen atoms in total. The van der Waals surface area contributed by atoms with Crippen molar-refractivity contribution >= 4 is 25.7 Å². The van der Waals surface area contributed by atoms with E-state index in [0.29, 0.717) is 13.0 Å². The van der Waals surface area contributed by atoms with Crippen molar-refractivity contribution in [3.8, 4) is 0 Å². The number of hydrazine groups is 1. The first kappa shape index (κ1) is 17.0. The van der Waals surface area contributed by atoms with Gasteiger partial charge in [0.25, 0.3) is 0 Å². The molecule has 0 bridgehead atoms. The van der Waals surface area contributed by atoms with Crippen LogP contribution in [-0.4, -0.2) is 21.6 Å². The van der Waals surface area contributed by atoms with Crippen molar-refractivity contribution in [3.05, 3.63) is 0 Å². The van der Waals surface area contributed by atoms with Gasteiger partial charge in [0.1, 0.15) is 0 Å². The molecule has 0 spiro atoms. The molecule has 0 aromatic rings. The maximum absolute atomic E-state index is 6.00. The first-order valence-electron chi connectivity index (χ1n) is 5.52. The van der Waals surface area contributed by atoms with Crippen molar-refractivity contribution in [1.82, 2.24) is 14.0 Å². The summed E-state index contributed by atoms with van der Waals surface area (Å²) in [6.45, 7) is 4.38. The van der Waals surface area contributed by atoms with Crippen LogP contribution in [0.2, 0.25) is 0 Å². The van der Waals surface area contributed by atoms with Gasteiger partial charge in [0.2, 0.25) is 8.45 Å². The number of hydrogen-bond donors (Lipinski definition) is 5. The van der Waals surface area contributed by atoms with E-state index in [4.69, 9.17) is 32.2 Å². The summed E-state index contributed by atoms with van der Waals surface area (Å²) in [5.74, 6) is 4.55. The standard InChI is InChI=1S/C6H22N7O2P3/c1-3-5-14-13-17(10)12(9)16-11-18(13)15-6(7,8)4-2/h11,16H,3-5,7-10H2,1-2H3. The van der Waals surface area contributed by atoms with Crippen LogP contribution in [0, 0.1) is 0 Å². The van der Waals surface area contributed by atoms with Gasteiger partial charge in [-0.1, -0.05) is 18.5 Å². The van der Waals surface area contributed by atoms with Gasteiger partial charge < -0.3 is 0 Å². The molecule has 0 amide bonds. The molecule has 0 saturated carbocycles. The first-order chi connectivity index (χ1) is 8.41. The predicted molar refractivity (Wildman–Crippen MR) is 76.1 cm³/mol. The third kappa shape index (κ3) is 4.80. The average Bonchev–Trinajstić information content (AvgIpc) is 2.33. The van der Waals surface area contributed by atoms with Gasteiger partial charge in [0.05, 0.1) is 6.61 Å². The van der Waals surface area contributed by atoms with Gasteiger partial charge in [-0.25, -0.2) is 4.86 Å². The van der Waals surface area contributed by atoms with Gasteiger partial charge >= 0.3 is 0 Å². The summed E-state index contributed by atoms with van der Waals surface area (Å²) in [6.07, 6.45) is 1.34. The van der Waals surface area contributed by atoms with Crippen LogP contribution in [0.1, 0.15) is 26.7 Å². The van der Waals surface area contributed by atoms with Crippen molar-refractivity contribution in [3.63, 3.8) is 0 Å². The Bertz CT molecular complexity index is 261. The summed E-state index contributed by atoms with van der Waals surface area (Å²) in [4.78, 5) is 8.67. The zero-order valence-electron chi connectivity index (χ0n) is 10.5. The van der Waals surface area contributed by atoms with Crippen molar-refractivity contribution in [2.75, 3.05) is 6.61 Å². The van der Waals surface area contributed by atoms with E-state index in [0.717, 1.165) is 6.42 Å². The lowest BCUT2D eigenvalue weighted by Gasteiger charge is -2.43. The molecule has 1 aliphatic rings. The molecule has 9 N–H and O–H groups in total. The third-order valence-corrected chi connectivity index (χ3v) is 7.22. The molecule has 0 aromatic carbocycles. The zero-order chi connectivity index (χ0) is 13.8. The zero-order valence-corrected chi connectivity index (χ0v) is 13.3. The molecule has 1 heterocycles. The Kier molecular flexibility index (Phi) is 7.21. The Balaban J connectivity index is 2.67. The molecule has 1 fully saturated rings. The van der Waals surface area contributed by atoms with Gasteiger partial charge in [-0.05, 0) is 6.42 Å². The van der Waals surface area contributed by atoms with E-state index in [2.05, 4.69) is 4.86 Å². The molecular formula is C6H22N7O2P3. The Morgan fingerprint density at radius 2 is 2.06 bits per heavy atom. The lowest BCUT2D eigenvalue weighted by atomic mass is 10.3. The van der Waals surface area contributed by atoms with Crippen molar-refractivity contribution in [2.24, 2.45) is 22.8 Å². The van der Waals surface area contributed by atoms with Crippen LogP contribution >= 0.6 is 25.7 Å². The van der Waals surface area contributed by atoms with Gasteiger partial charge in [0.15, 0.2) is 14.2 Å². The molecule has 1 rings (SSSR count). The van der Waals surface area contributed by atoms with E-state index < -0.39 is 22.7 Å². The fourth-order valence-corrected chi connectivity index (χ4v) is 5.99. The van der Waals surface area contributed by atoms with Crippen LogP contribution < -0.4 is 27.7 Å². The van der Waals surface area contributed by atoms with Crippen LogP contribution in [0.3, 0.4) is 0 Å². The topological polar surface area (TPSA) is 141 Å². The number of nitrogens with zero attached hydrogens (tertiary/aromatic N) is 2. The Morgan fingerprint density at radius 1 is 1.39 bits per heavy atom.